The van der Waals surface area contributed by atoms with Crippen LogP contribution in [0.15, 0.2) is 59.9 Å². The van der Waals surface area contributed by atoms with Crippen LogP contribution in [-0.2, 0) is 34.0 Å². The lowest BCUT2D eigenvalue weighted by atomic mass is 10.2. The van der Waals surface area contributed by atoms with E-state index in [1.165, 1.54) is 30.0 Å². The number of thioether (sulfide) groups is 1. The predicted octanol–water partition coefficient (Wildman–Crippen LogP) is 2.35. The van der Waals surface area contributed by atoms with Gasteiger partial charge < -0.3 is 25.0 Å². The Hall–Kier alpha value is -3.70. The highest BCUT2D eigenvalue weighted by Gasteiger charge is 2.15. The Morgan fingerprint density at radius 3 is 2.44 bits per heavy atom. The number of hydrogen-bond acceptors (Lipinski definition) is 7. The molecule has 0 aliphatic heterocycles. The zero-order chi connectivity index (χ0) is 24.5. The van der Waals surface area contributed by atoms with Gasteiger partial charge in [0.25, 0.3) is 0 Å². The Kier molecular flexibility index (Phi) is 8.77. The highest BCUT2D eigenvalue weighted by atomic mass is 32.2. The van der Waals surface area contributed by atoms with Crippen molar-refractivity contribution in [1.82, 2.24) is 14.9 Å². The number of carbonyl (C=O) groups excluding carboxylic acids is 3. The highest BCUT2D eigenvalue weighted by Crippen LogP contribution is 2.20. The maximum Gasteiger partial charge on any atom is 0.337 e. The number of nitrogens with one attached hydrogen (secondary N) is 2. The minimum Gasteiger partial charge on any atom is -0.465 e. The van der Waals surface area contributed by atoms with Crippen molar-refractivity contribution in [3.8, 4) is 0 Å². The molecule has 3 N–H and O–H groups in total. The topological polar surface area (TPSA) is 123 Å². The van der Waals surface area contributed by atoms with Crippen molar-refractivity contribution in [2.75, 3.05) is 18.2 Å². The van der Waals surface area contributed by atoms with Gasteiger partial charge >= 0.3 is 5.97 Å². The largest absolute Gasteiger partial charge is 0.465 e. The predicted molar refractivity (Wildman–Crippen MR) is 124 cm³/mol. The number of methoxy groups -OCH3 is 1. The van der Waals surface area contributed by atoms with E-state index in [1.807, 2.05) is 0 Å². The van der Waals surface area contributed by atoms with Crippen molar-refractivity contribution < 1.29 is 28.6 Å². The minimum absolute atomic E-state index is 0.0117. The zero-order valence-corrected chi connectivity index (χ0v) is 19.1. The lowest BCUT2D eigenvalue weighted by molar-refractivity contribution is -0.122. The first-order chi connectivity index (χ1) is 16.4. The minimum atomic E-state index is -0.471. The first kappa shape index (κ1) is 24.9. The third-order valence-electron chi connectivity index (χ3n) is 4.69. The van der Waals surface area contributed by atoms with Gasteiger partial charge in [0.1, 0.15) is 12.4 Å². The van der Waals surface area contributed by atoms with Gasteiger partial charge in [-0.1, -0.05) is 23.9 Å². The molecule has 9 nitrogen and oxygen atoms in total. The molecule has 0 bridgehead atoms. The molecule has 3 rings (SSSR count). The van der Waals surface area contributed by atoms with Crippen molar-refractivity contribution in [1.29, 1.82) is 0 Å². The van der Waals surface area contributed by atoms with Crippen LogP contribution in [0.5, 0.6) is 0 Å². The van der Waals surface area contributed by atoms with Crippen LogP contribution in [0.25, 0.3) is 0 Å². The van der Waals surface area contributed by atoms with Crippen LogP contribution in [0, 0.1) is 5.82 Å². The number of aliphatic hydroxyl groups is 1. The number of ether oxygens (including phenoxy) is 1. The monoisotopic (exact) mass is 486 g/mol. The number of amides is 2. The standard InChI is InChI=1S/C23H23FN4O5S/c1-33-22(32)16-4-8-18(9-5-16)27-21(31)14-34-23-26-11-19(13-29)28(23)12-20(30)25-10-15-2-6-17(24)7-3-15/h2-9,11,29H,10,12-14H2,1H3,(H,25,30)(H,27,31). The fraction of sp³-hybridized carbons (Fsp3) is 0.217. The maximum absolute atomic E-state index is 13.0. The van der Waals surface area contributed by atoms with Crippen LogP contribution >= 0.6 is 11.8 Å². The van der Waals surface area contributed by atoms with Crippen LogP contribution in [0.3, 0.4) is 0 Å². The summed E-state index contributed by atoms with van der Waals surface area (Å²) in [6, 6.07) is 12.0. The van der Waals surface area contributed by atoms with Gasteiger partial charge in [-0.05, 0) is 42.0 Å². The Labute approximate surface area is 199 Å². The Morgan fingerprint density at radius 2 is 1.79 bits per heavy atom. The molecular weight excluding hydrogens is 463 g/mol. The molecule has 1 heterocycles. The normalized spacial score (nSPS) is 10.6. The number of imidazole rings is 1. The number of esters is 1. The smallest absolute Gasteiger partial charge is 0.337 e. The second kappa shape index (κ2) is 12.0. The van der Waals surface area contributed by atoms with Gasteiger partial charge in [-0.3, -0.25) is 9.59 Å². The summed E-state index contributed by atoms with van der Waals surface area (Å²) < 4.78 is 19.2. The van der Waals surface area contributed by atoms with Crippen molar-refractivity contribution in [3.63, 3.8) is 0 Å². The van der Waals surface area contributed by atoms with Crippen LogP contribution < -0.4 is 10.6 Å². The van der Waals surface area contributed by atoms with E-state index >= 15 is 0 Å². The molecule has 34 heavy (non-hydrogen) atoms. The van der Waals surface area contributed by atoms with Crippen molar-refractivity contribution in [2.24, 2.45) is 0 Å². The summed E-state index contributed by atoms with van der Waals surface area (Å²) >= 11 is 1.11. The van der Waals surface area contributed by atoms with Crippen molar-refractivity contribution in [2.45, 2.75) is 24.9 Å². The molecule has 2 aromatic carbocycles. The molecular formula is C23H23FN4O5S. The first-order valence-corrected chi connectivity index (χ1v) is 11.2. The summed E-state index contributed by atoms with van der Waals surface area (Å²) in [5, 5.41) is 15.4. The molecule has 0 unspecified atom stereocenters. The lowest BCUT2D eigenvalue weighted by Crippen LogP contribution is -2.28. The SMILES string of the molecule is COC(=O)c1ccc(NC(=O)CSc2ncc(CO)n2CC(=O)NCc2ccc(F)cc2)cc1. The molecule has 2 amide bonds. The van der Waals surface area contributed by atoms with E-state index in [4.69, 9.17) is 0 Å². The van der Waals surface area contributed by atoms with Crippen LogP contribution in [-0.4, -0.2) is 45.3 Å². The average Bonchev–Trinajstić information content (AvgIpc) is 3.23. The Balaban J connectivity index is 1.55. The van der Waals surface area contributed by atoms with Gasteiger partial charge in [-0.15, -0.1) is 0 Å². The summed E-state index contributed by atoms with van der Waals surface area (Å²) in [6.07, 6.45) is 1.44. The summed E-state index contributed by atoms with van der Waals surface area (Å²) in [5.41, 5.74) is 2.05. The molecule has 1 aromatic heterocycles. The van der Waals surface area contributed by atoms with E-state index in [0.29, 0.717) is 22.1 Å². The molecule has 0 aliphatic rings. The summed E-state index contributed by atoms with van der Waals surface area (Å²) in [6.45, 7) is -0.199. The first-order valence-electron chi connectivity index (χ1n) is 10.2. The van der Waals surface area contributed by atoms with Crippen LogP contribution in [0.4, 0.5) is 10.1 Å². The van der Waals surface area contributed by atoms with Gasteiger partial charge in [0, 0.05) is 12.2 Å². The fourth-order valence-electron chi connectivity index (χ4n) is 2.94. The zero-order valence-electron chi connectivity index (χ0n) is 18.3. The maximum atomic E-state index is 13.0. The summed E-state index contributed by atoms with van der Waals surface area (Å²) in [5.74, 6) is -1.45. The van der Waals surface area contributed by atoms with Gasteiger partial charge in [0.2, 0.25) is 11.8 Å². The van der Waals surface area contributed by atoms with E-state index in [-0.39, 0.29) is 43.1 Å². The Bertz CT molecular complexity index is 1150. The second-order valence-corrected chi connectivity index (χ2v) is 8.03. The van der Waals surface area contributed by atoms with Crippen molar-refractivity contribution >= 4 is 35.2 Å². The number of hydrogen-bond donors (Lipinski definition) is 3. The van der Waals surface area contributed by atoms with Gasteiger partial charge in [-0.2, -0.15) is 0 Å². The molecule has 0 fully saturated rings. The molecule has 0 saturated carbocycles. The number of carbonyl (C=O) groups is 3. The number of anilines is 1. The van der Waals surface area contributed by atoms with E-state index in [9.17, 15) is 23.9 Å². The second-order valence-electron chi connectivity index (χ2n) is 7.09. The number of rotatable bonds is 10. The van der Waals surface area contributed by atoms with Crippen LogP contribution in [0.1, 0.15) is 21.6 Å². The van der Waals surface area contributed by atoms with Gasteiger partial charge in [0.05, 0.1) is 36.9 Å². The van der Waals surface area contributed by atoms with Gasteiger partial charge in [-0.25, -0.2) is 14.2 Å². The quantitative estimate of drug-likeness (QED) is 0.297. The van der Waals surface area contributed by atoms with E-state index in [2.05, 4.69) is 20.4 Å². The molecule has 178 valence electrons. The third-order valence-corrected chi connectivity index (χ3v) is 5.68. The molecule has 0 aliphatic carbocycles. The molecule has 3 aromatic rings. The fourth-order valence-corrected chi connectivity index (χ4v) is 3.74. The molecule has 0 spiro atoms. The van der Waals surface area contributed by atoms with E-state index in [1.54, 1.807) is 36.4 Å². The number of nitrogens with zero attached hydrogens (tertiary/aromatic N) is 2. The molecule has 0 radical (unpaired) electrons. The number of aromatic nitrogens is 2. The van der Waals surface area contributed by atoms with Crippen LogP contribution in [0.2, 0.25) is 0 Å². The highest BCUT2D eigenvalue weighted by molar-refractivity contribution is 7.99. The van der Waals surface area contributed by atoms with Gasteiger partial charge in [0.15, 0.2) is 5.16 Å². The number of aliphatic hydroxyl groups excluding tert-OH is 1. The average molecular weight is 487 g/mol. The van der Waals surface area contributed by atoms with Crippen molar-refractivity contribution in [3.05, 3.63) is 77.4 Å². The molecule has 11 heteroatoms. The summed E-state index contributed by atoms with van der Waals surface area (Å²) in [7, 11) is 1.29. The third kappa shape index (κ3) is 6.90. The lowest BCUT2D eigenvalue weighted by Gasteiger charge is -2.11. The molecule has 0 saturated heterocycles. The number of halogens is 1. The molecule has 0 atom stereocenters. The number of benzene rings is 2. The van der Waals surface area contributed by atoms with E-state index in [0.717, 1.165) is 17.3 Å². The summed E-state index contributed by atoms with van der Waals surface area (Å²) in [4.78, 5) is 40.4. The van der Waals surface area contributed by atoms with E-state index < -0.39 is 5.97 Å². The Morgan fingerprint density at radius 1 is 1.09 bits per heavy atom.